The standard InChI is InChI=1S/C11H17N3O3/c1-3-4-9(8-17-2)13-11-6-5-10(7-12-11)14(15)16/h5-7,9H,3-4,8H2,1-2H3,(H,12,13). The SMILES string of the molecule is CCCC(COC)Nc1ccc([N+](=O)[O-])cn1. The summed E-state index contributed by atoms with van der Waals surface area (Å²) in [6, 6.07) is 3.22. The fourth-order valence-corrected chi connectivity index (χ4v) is 1.54. The second kappa shape index (κ2) is 6.80. The predicted octanol–water partition coefficient (Wildman–Crippen LogP) is 2.22. The Morgan fingerprint density at radius 1 is 1.59 bits per heavy atom. The molecule has 6 heteroatoms. The monoisotopic (exact) mass is 239 g/mol. The lowest BCUT2D eigenvalue weighted by molar-refractivity contribution is -0.385. The number of anilines is 1. The van der Waals surface area contributed by atoms with Gasteiger partial charge in [-0.15, -0.1) is 0 Å². The van der Waals surface area contributed by atoms with Gasteiger partial charge in [0, 0.05) is 13.2 Å². The Bertz CT molecular complexity index is 347. The van der Waals surface area contributed by atoms with Crippen molar-refractivity contribution in [3.63, 3.8) is 0 Å². The molecule has 0 saturated heterocycles. The number of nitro groups is 1. The number of nitrogens with one attached hydrogen (secondary N) is 1. The smallest absolute Gasteiger partial charge is 0.287 e. The third-order valence-corrected chi connectivity index (χ3v) is 2.32. The molecule has 17 heavy (non-hydrogen) atoms. The largest absolute Gasteiger partial charge is 0.383 e. The van der Waals surface area contributed by atoms with Crippen LogP contribution in [0.1, 0.15) is 19.8 Å². The summed E-state index contributed by atoms with van der Waals surface area (Å²) >= 11 is 0. The second-order valence-electron chi connectivity index (χ2n) is 3.74. The third kappa shape index (κ3) is 4.36. The molecule has 0 amide bonds. The van der Waals surface area contributed by atoms with Gasteiger partial charge in [0.1, 0.15) is 12.0 Å². The van der Waals surface area contributed by atoms with Gasteiger partial charge < -0.3 is 10.1 Å². The zero-order chi connectivity index (χ0) is 12.7. The molecule has 0 radical (unpaired) electrons. The van der Waals surface area contributed by atoms with Crippen LogP contribution in [0.15, 0.2) is 18.3 Å². The lowest BCUT2D eigenvalue weighted by atomic mass is 10.2. The van der Waals surface area contributed by atoms with E-state index in [4.69, 9.17) is 4.74 Å². The summed E-state index contributed by atoms with van der Waals surface area (Å²) in [6.45, 7) is 2.68. The van der Waals surface area contributed by atoms with Crippen molar-refractivity contribution in [3.05, 3.63) is 28.4 Å². The molecule has 1 aromatic heterocycles. The number of hydrogen-bond acceptors (Lipinski definition) is 5. The zero-order valence-corrected chi connectivity index (χ0v) is 10.0. The summed E-state index contributed by atoms with van der Waals surface area (Å²) in [4.78, 5) is 14.0. The molecule has 6 nitrogen and oxygen atoms in total. The fourth-order valence-electron chi connectivity index (χ4n) is 1.54. The number of aromatic nitrogens is 1. The summed E-state index contributed by atoms with van der Waals surface area (Å²) in [7, 11) is 1.65. The summed E-state index contributed by atoms with van der Waals surface area (Å²) < 4.78 is 5.09. The van der Waals surface area contributed by atoms with Crippen molar-refractivity contribution in [3.8, 4) is 0 Å². The van der Waals surface area contributed by atoms with Crippen molar-refractivity contribution in [2.24, 2.45) is 0 Å². The number of pyridine rings is 1. The quantitative estimate of drug-likeness (QED) is 0.583. The van der Waals surface area contributed by atoms with Crippen molar-refractivity contribution < 1.29 is 9.66 Å². The van der Waals surface area contributed by atoms with Crippen LogP contribution in [0.25, 0.3) is 0 Å². The maximum atomic E-state index is 10.5. The van der Waals surface area contributed by atoms with Gasteiger partial charge in [0.05, 0.1) is 17.6 Å². The number of rotatable bonds is 7. The van der Waals surface area contributed by atoms with Crippen LogP contribution in [0, 0.1) is 10.1 Å². The highest BCUT2D eigenvalue weighted by Gasteiger charge is 2.09. The second-order valence-corrected chi connectivity index (χ2v) is 3.74. The maximum Gasteiger partial charge on any atom is 0.287 e. The minimum absolute atomic E-state index is 0.00525. The number of nitrogens with zero attached hydrogens (tertiary/aromatic N) is 2. The van der Waals surface area contributed by atoms with E-state index >= 15 is 0 Å². The summed E-state index contributed by atoms with van der Waals surface area (Å²) in [5.41, 5.74) is -0.00525. The van der Waals surface area contributed by atoms with Crippen molar-refractivity contribution in [1.82, 2.24) is 4.98 Å². The average Bonchev–Trinajstić information content (AvgIpc) is 2.30. The molecule has 0 aliphatic rings. The lowest BCUT2D eigenvalue weighted by Crippen LogP contribution is -2.25. The van der Waals surface area contributed by atoms with Crippen LogP contribution < -0.4 is 5.32 Å². The van der Waals surface area contributed by atoms with Crippen molar-refractivity contribution in [1.29, 1.82) is 0 Å². The molecule has 0 aliphatic heterocycles. The topological polar surface area (TPSA) is 77.3 Å². The molecule has 0 bridgehead atoms. The lowest BCUT2D eigenvalue weighted by Gasteiger charge is -2.17. The molecule has 1 rings (SSSR count). The Balaban J connectivity index is 2.62. The first-order valence-corrected chi connectivity index (χ1v) is 5.53. The van der Waals surface area contributed by atoms with Gasteiger partial charge in [-0.25, -0.2) is 4.98 Å². The van der Waals surface area contributed by atoms with Crippen LogP contribution in [0.4, 0.5) is 11.5 Å². The van der Waals surface area contributed by atoms with Gasteiger partial charge in [-0.3, -0.25) is 10.1 Å². The van der Waals surface area contributed by atoms with E-state index in [9.17, 15) is 10.1 Å². The van der Waals surface area contributed by atoms with Crippen LogP contribution in [0.5, 0.6) is 0 Å². The molecule has 1 atom stereocenters. The molecular weight excluding hydrogens is 222 g/mol. The molecule has 0 fully saturated rings. The Labute approximate surface area is 100 Å². The predicted molar refractivity (Wildman–Crippen MR) is 65.1 cm³/mol. The van der Waals surface area contributed by atoms with Crippen LogP contribution in [-0.4, -0.2) is 29.7 Å². The van der Waals surface area contributed by atoms with Gasteiger partial charge >= 0.3 is 0 Å². The normalized spacial score (nSPS) is 12.1. The maximum absolute atomic E-state index is 10.5. The number of methoxy groups -OCH3 is 1. The van der Waals surface area contributed by atoms with Crippen LogP contribution in [0.2, 0.25) is 0 Å². The Kier molecular flexibility index (Phi) is 5.35. The highest BCUT2D eigenvalue weighted by molar-refractivity contribution is 5.40. The third-order valence-electron chi connectivity index (χ3n) is 2.32. The van der Waals surface area contributed by atoms with E-state index in [2.05, 4.69) is 17.2 Å². The molecule has 1 N–H and O–H groups in total. The van der Waals surface area contributed by atoms with Gasteiger partial charge in [0.2, 0.25) is 0 Å². The van der Waals surface area contributed by atoms with E-state index in [0.717, 1.165) is 12.8 Å². The fraction of sp³-hybridized carbons (Fsp3) is 0.545. The summed E-state index contributed by atoms with van der Waals surface area (Å²) in [5.74, 6) is 0.631. The average molecular weight is 239 g/mol. The highest BCUT2D eigenvalue weighted by atomic mass is 16.6. The number of ether oxygens (including phenoxy) is 1. The first kappa shape index (κ1) is 13.4. The van der Waals surface area contributed by atoms with E-state index in [1.807, 2.05) is 0 Å². The minimum atomic E-state index is -0.463. The van der Waals surface area contributed by atoms with E-state index in [0.29, 0.717) is 12.4 Å². The minimum Gasteiger partial charge on any atom is -0.383 e. The molecule has 0 aliphatic carbocycles. The Morgan fingerprint density at radius 3 is 2.82 bits per heavy atom. The summed E-state index contributed by atoms with van der Waals surface area (Å²) in [6.07, 6.45) is 3.25. The van der Waals surface area contributed by atoms with Gasteiger partial charge in [0.15, 0.2) is 0 Å². The van der Waals surface area contributed by atoms with Gasteiger partial charge in [0.25, 0.3) is 5.69 Å². The van der Waals surface area contributed by atoms with Crippen molar-refractivity contribution in [2.75, 3.05) is 19.0 Å². The van der Waals surface area contributed by atoms with E-state index in [1.165, 1.54) is 12.3 Å². The Hall–Kier alpha value is -1.69. The summed E-state index contributed by atoms with van der Waals surface area (Å²) in [5, 5.41) is 13.7. The van der Waals surface area contributed by atoms with Crippen LogP contribution in [0.3, 0.4) is 0 Å². The molecule has 94 valence electrons. The molecule has 0 spiro atoms. The zero-order valence-electron chi connectivity index (χ0n) is 10.0. The van der Waals surface area contributed by atoms with Crippen molar-refractivity contribution >= 4 is 11.5 Å². The first-order chi connectivity index (χ1) is 8.17. The van der Waals surface area contributed by atoms with Crippen molar-refractivity contribution in [2.45, 2.75) is 25.8 Å². The number of hydrogen-bond donors (Lipinski definition) is 1. The molecule has 0 aromatic carbocycles. The van der Waals surface area contributed by atoms with Gasteiger partial charge in [-0.2, -0.15) is 0 Å². The van der Waals surface area contributed by atoms with E-state index in [-0.39, 0.29) is 11.7 Å². The van der Waals surface area contributed by atoms with E-state index in [1.54, 1.807) is 13.2 Å². The van der Waals surface area contributed by atoms with Gasteiger partial charge in [-0.05, 0) is 12.5 Å². The molecule has 1 unspecified atom stereocenters. The molecule has 0 saturated carbocycles. The highest BCUT2D eigenvalue weighted by Crippen LogP contribution is 2.13. The molecule has 1 aromatic rings. The Morgan fingerprint density at radius 2 is 2.35 bits per heavy atom. The first-order valence-electron chi connectivity index (χ1n) is 5.53. The van der Waals surface area contributed by atoms with Gasteiger partial charge in [-0.1, -0.05) is 13.3 Å². The van der Waals surface area contributed by atoms with E-state index < -0.39 is 4.92 Å². The van der Waals surface area contributed by atoms with Crippen LogP contribution in [-0.2, 0) is 4.74 Å². The molecule has 1 heterocycles. The van der Waals surface area contributed by atoms with Crippen LogP contribution >= 0.6 is 0 Å². The molecular formula is C11H17N3O3.